The first kappa shape index (κ1) is 13.9. The molecule has 2 unspecified atom stereocenters. The third-order valence-electron chi connectivity index (χ3n) is 3.33. The van der Waals surface area contributed by atoms with Crippen LogP contribution in [0.4, 0.5) is 8.78 Å². The second kappa shape index (κ2) is 5.63. The molecule has 2 atom stereocenters. The van der Waals surface area contributed by atoms with Crippen molar-refractivity contribution in [2.45, 2.75) is 19.1 Å². The summed E-state index contributed by atoms with van der Waals surface area (Å²) in [5.41, 5.74) is 0.228. The molecule has 1 heterocycles. The molecule has 1 aromatic carbocycles. The summed E-state index contributed by atoms with van der Waals surface area (Å²) in [7, 11) is 0. The average molecular weight is 271 g/mol. The Morgan fingerprint density at radius 3 is 2.95 bits per heavy atom. The summed E-state index contributed by atoms with van der Waals surface area (Å²) in [6, 6.07) is 2.88. The topological polar surface area (TPSA) is 49.8 Å². The minimum absolute atomic E-state index is 0.159. The number of morpholine rings is 1. The normalized spacial score (nSPS) is 22.2. The molecule has 1 aliphatic rings. The highest BCUT2D eigenvalue weighted by molar-refractivity contribution is 5.72. The van der Waals surface area contributed by atoms with E-state index in [1.54, 1.807) is 11.8 Å². The number of carboxylic acid groups (broad SMARTS) is 1. The summed E-state index contributed by atoms with van der Waals surface area (Å²) < 4.78 is 32.0. The zero-order valence-electron chi connectivity index (χ0n) is 10.5. The maximum Gasteiger partial charge on any atom is 0.334 e. The number of rotatable bonds is 3. The van der Waals surface area contributed by atoms with Crippen molar-refractivity contribution in [3.05, 3.63) is 35.4 Å². The van der Waals surface area contributed by atoms with Crippen LogP contribution in [0, 0.1) is 11.6 Å². The minimum atomic E-state index is -1.04. The second-order valence-electron chi connectivity index (χ2n) is 4.53. The lowest BCUT2D eigenvalue weighted by atomic mass is 10.0. The van der Waals surface area contributed by atoms with E-state index in [0.29, 0.717) is 6.54 Å². The van der Waals surface area contributed by atoms with Crippen molar-refractivity contribution < 1.29 is 23.4 Å². The number of nitrogens with zero attached hydrogens (tertiary/aromatic N) is 1. The second-order valence-corrected chi connectivity index (χ2v) is 4.53. The van der Waals surface area contributed by atoms with Crippen LogP contribution < -0.4 is 0 Å². The Balaban J connectivity index is 2.16. The lowest BCUT2D eigenvalue weighted by Crippen LogP contribution is -2.47. The van der Waals surface area contributed by atoms with E-state index in [4.69, 9.17) is 9.84 Å². The molecular weight excluding hydrogens is 256 g/mol. The van der Waals surface area contributed by atoms with Crippen LogP contribution in [0.1, 0.15) is 18.5 Å². The molecular formula is C13H15F2NO3. The van der Waals surface area contributed by atoms with E-state index in [1.807, 2.05) is 0 Å². The standard InChI is InChI=1S/C13H15F2NO3/c1-8(10-6-9(14)2-3-11(10)15)16-4-5-19-12(7-16)13(17)18/h2-3,6,8,12H,4-5,7H2,1H3,(H,17,18). The number of benzene rings is 1. The molecule has 19 heavy (non-hydrogen) atoms. The van der Waals surface area contributed by atoms with Crippen molar-refractivity contribution in [1.29, 1.82) is 0 Å². The molecule has 2 rings (SSSR count). The van der Waals surface area contributed by atoms with Gasteiger partial charge in [0.25, 0.3) is 0 Å². The van der Waals surface area contributed by atoms with Gasteiger partial charge in [-0.25, -0.2) is 13.6 Å². The van der Waals surface area contributed by atoms with Crippen molar-refractivity contribution in [3.63, 3.8) is 0 Å². The van der Waals surface area contributed by atoms with Crippen LogP contribution >= 0.6 is 0 Å². The fourth-order valence-electron chi connectivity index (χ4n) is 2.20. The van der Waals surface area contributed by atoms with Gasteiger partial charge in [0.15, 0.2) is 6.10 Å². The van der Waals surface area contributed by atoms with Gasteiger partial charge in [0.2, 0.25) is 0 Å². The summed E-state index contributed by atoms with van der Waals surface area (Å²) in [5.74, 6) is -2.05. The molecule has 1 aromatic rings. The fraction of sp³-hybridized carbons (Fsp3) is 0.462. The van der Waals surface area contributed by atoms with Gasteiger partial charge in [0.1, 0.15) is 11.6 Å². The van der Waals surface area contributed by atoms with Crippen molar-refractivity contribution >= 4 is 5.97 Å². The summed E-state index contributed by atoms with van der Waals surface area (Å²) >= 11 is 0. The number of hydrogen-bond acceptors (Lipinski definition) is 3. The Bertz CT molecular complexity index is 481. The van der Waals surface area contributed by atoms with Crippen LogP contribution in [0.2, 0.25) is 0 Å². The number of ether oxygens (including phenoxy) is 1. The molecule has 0 spiro atoms. The van der Waals surface area contributed by atoms with E-state index >= 15 is 0 Å². The highest BCUT2D eigenvalue weighted by Gasteiger charge is 2.30. The van der Waals surface area contributed by atoms with E-state index in [-0.39, 0.29) is 18.7 Å². The van der Waals surface area contributed by atoms with Crippen molar-refractivity contribution in [3.8, 4) is 0 Å². The van der Waals surface area contributed by atoms with Gasteiger partial charge < -0.3 is 9.84 Å². The maximum absolute atomic E-state index is 13.7. The van der Waals surface area contributed by atoms with Gasteiger partial charge >= 0.3 is 5.97 Å². The Labute approximate surface area is 109 Å². The third-order valence-corrected chi connectivity index (χ3v) is 3.33. The minimum Gasteiger partial charge on any atom is -0.479 e. The molecule has 0 amide bonds. The molecule has 0 aromatic heterocycles. The molecule has 1 aliphatic heterocycles. The first-order valence-corrected chi connectivity index (χ1v) is 6.02. The van der Waals surface area contributed by atoms with Crippen LogP contribution in [-0.4, -0.2) is 41.8 Å². The Morgan fingerprint density at radius 1 is 1.53 bits per heavy atom. The predicted octanol–water partition coefficient (Wildman–Crippen LogP) is 1.81. The molecule has 1 saturated heterocycles. The Morgan fingerprint density at radius 2 is 2.26 bits per heavy atom. The van der Waals surface area contributed by atoms with Gasteiger partial charge in [-0.1, -0.05) is 0 Å². The van der Waals surface area contributed by atoms with Gasteiger partial charge in [-0.15, -0.1) is 0 Å². The monoisotopic (exact) mass is 271 g/mol. The van der Waals surface area contributed by atoms with Gasteiger partial charge in [-0.3, -0.25) is 4.90 Å². The number of aliphatic carboxylic acids is 1. The van der Waals surface area contributed by atoms with Crippen molar-refractivity contribution in [2.24, 2.45) is 0 Å². The molecule has 0 aliphatic carbocycles. The van der Waals surface area contributed by atoms with Crippen molar-refractivity contribution in [1.82, 2.24) is 4.90 Å². The smallest absolute Gasteiger partial charge is 0.334 e. The molecule has 104 valence electrons. The SMILES string of the molecule is CC(c1cc(F)ccc1F)N1CCOC(C(=O)O)C1. The van der Waals surface area contributed by atoms with Crippen LogP contribution in [0.15, 0.2) is 18.2 Å². The van der Waals surface area contributed by atoms with E-state index in [0.717, 1.165) is 18.2 Å². The average Bonchev–Trinajstić information content (AvgIpc) is 2.41. The third kappa shape index (κ3) is 3.08. The van der Waals surface area contributed by atoms with Gasteiger partial charge in [0, 0.05) is 24.7 Å². The number of hydrogen-bond donors (Lipinski definition) is 1. The highest BCUT2D eigenvalue weighted by atomic mass is 19.1. The van der Waals surface area contributed by atoms with Crippen LogP contribution in [0.3, 0.4) is 0 Å². The van der Waals surface area contributed by atoms with Gasteiger partial charge in [0.05, 0.1) is 6.61 Å². The van der Waals surface area contributed by atoms with Crippen LogP contribution in [0.5, 0.6) is 0 Å². The van der Waals surface area contributed by atoms with E-state index in [2.05, 4.69) is 0 Å². The zero-order valence-corrected chi connectivity index (χ0v) is 10.5. The summed E-state index contributed by atoms with van der Waals surface area (Å²) in [4.78, 5) is 12.7. The quantitative estimate of drug-likeness (QED) is 0.911. The van der Waals surface area contributed by atoms with Crippen molar-refractivity contribution in [2.75, 3.05) is 19.7 Å². The maximum atomic E-state index is 13.7. The molecule has 1 fully saturated rings. The number of carboxylic acids is 1. The summed E-state index contributed by atoms with van der Waals surface area (Å²) in [6.45, 7) is 2.63. The Kier molecular flexibility index (Phi) is 4.11. The fourth-order valence-corrected chi connectivity index (χ4v) is 2.20. The lowest BCUT2D eigenvalue weighted by molar-refractivity contribution is -0.157. The molecule has 0 saturated carbocycles. The van der Waals surface area contributed by atoms with Crippen LogP contribution in [-0.2, 0) is 9.53 Å². The first-order valence-electron chi connectivity index (χ1n) is 6.02. The number of carbonyl (C=O) groups is 1. The highest BCUT2D eigenvalue weighted by Crippen LogP contribution is 2.25. The zero-order chi connectivity index (χ0) is 14.0. The van der Waals surface area contributed by atoms with Crippen LogP contribution in [0.25, 0.3) is 0 Å². The van der Waals surface area contributed by atoms with E-state index < -0.39 is 29.7 Å². The molecule has 0 radical (unpaired) electrons. The summed E-state index contributed by atoms with van der Waals surface area (Å²) in [5, 5.41) is 8.92. The predicted molar refractivity (Wildman–Crippen MR) is 63.7 cm³/mol. The molecule has 1 N–H and O–H groups in total. The van der Waals surface area contributed by atoms with Gasteiger partial charge in [-0.05, 0) is 25.1 Å². The largest absolute Gasteiger partial charge is 0.479 e. The molecule has 4 nitrogen and oxygen atoms in total. The number of halogens is 2. The summed E-state index contributed by atoms with van der Waals surface area (Å²) in [6.07, 6.45) is -0.923. The Hall–Kier alpha value is -1.53. The molecule has 0 bridgehead atoms. The molecule has 6 heteroatoms. The first-order chi connectivity index (χ1) is 8.99. The lowest BCUT2D eigenvalue weighted by Gasteiger charge is -2.35. The van der Waals surface area contributed by atoms with E-state index in [1.165, 1.54) is 0 Å². The van der Waals surface area contributed by atoms with E-state index in [9.17, 15) is 13.6 Å². The van der Waals surface area contributed by atoms with Gasteiger partial charge in [-0.2, -0.15) is 0 Å².